The highest BCUT2D eigenvalue weighted by atomic mass is 35.5. The van der Waals surface area contributed by atoms with Crippen LogP contribution < -0.4 is 0 Å². The van der Waals surface area contributed by atoms with Crippen molar-refractivity contribution < 1.29 is 0 Å². The molecule has 6 heavy (non-hydrogen) atoms. The van der Waals surface area contributed by atoms with Crippen LogP contribution in [0.5, 0.6) is 0 Å². The summed E-state index contributed by atoms with van der Waals surface area (Å²) in [6.07, 6.45) is 4.04. The highest BCUT2D eigenvalue weighted by Crippen LogP contribution is 1.92. The average molecular weight is 102 g/mol. The van der Waals surface area contributed by atoms with Gasteiger partial charge in [-0.1, -0.05) is 0 Å². The Hall–Kier alpha value is -0.500. The number of aromatic amines is 1. The molecule has 1 radical (unpaired) electrons. The number of imidazole rings is 1. The fourth-order valence-corrected chi connectivity index (χ4v) is 0.316. The van der Waals surface area contributed by atoms with E-state index >= 15 is 0 Å². The Kier molecular flexibility index (Phi) is 0.801. The quantitative estimate of drug-likeness (QED) is 0.516. The lowest BCUT2D eigenvalue weighted by molar-refractivity contribution is 1.31. The van der Waals surface area contributed by atoms with Crippen molar-refractivity contribution >= 4 is 11.6 Å². The van der Waals surface area contributed by atoms with Crippen LogP contribution in [-0.4, -0.2) is 9.97 Å². The molecule has 1 N–H and O–H groups in total. The summed E-state index contributed by atoms with van der Waals surface area (Å²) in [5, 5.41) is 0.384. The third-order valence-electron chi connectivity index (χ3n) is 0.418. The second-order valence-corrected chi connectivity index (χ2v) is 1.18. The Labute approximate surface area is 40.2 Å². The van der Waals surface area contributed by atoms with E-state index in [0.717, 1.165) is 0 Å². The van der Waals surface area contributed by atoms with Gasteiger partial charge in [0.15, 0.2) is 0 Å². The summed E-state index contributed by atoms with van der Waals surface area (Å²) in [6, 6.07) is 0. The van der Waals surface area contributed by atoms with E-state index in [1.54, 1.807) is 0 Å². The van der Waals surface area contributed by atoms with Gasteiger partial charge in [-0.2, -0.15) is 0 Å². The SMILES string of the molecule is Clc1nc[c][nH]1. The number of hydrogen-bond donors (Lipinski definition) is 1. The standard InChI is InChI=1S/C3H2ClN2/c4-3-5-1-2-6-3/h1H,(H,5,6). The Morgan fingerprint density at radius 2 is 2.83 bits per heavy atom. The van der Waals surface area contributed by atoms with Gasteiger partial charge in [0.1, 0.15) is 0 Å². The largest absolute Gasteiger partial charge is 0.327 e. The summed E-state index contributed by atoms with van der Waals surface area (Å²) in [7, 11) is 0. The van der Waals surface area contributed by atoms with Gasteiger partial charge >= 0.3 is 0 Å². The summed E-state index contributed by atoms with van der Waals surface area (Å²) in [5.74, 6) is 0. The van der Waals surface area contributed by atoms with Crippen LogP contribution >= 0.6 is 11.6 Å². The smallest absolute Gasteiger partial charge is 0.200 e. The van der Waals surface area contributed by atoms with Crippen molar-refractivity contribution in [2.45, 2.75) is 0 Å². The molecule has 0 atom stereocenters. The zero-order valence-corrected chi connectivity index (χ0v) is 3.66. The van der Waals surface area contributed by atoms with Gasteiger partial charge in [-0.25, -0.2) is 4.98 Å². The highest BCUT2D eigenvalue weighted by molar-refractivity contribution is 6.28. The molecule has 1 rings (SSSR count). The molecule has 0 amide bonds. The number of rotatable bonds is 0. The van der Waals surface area contributed by atoms with Crippen molar-refractivity contribution in [1.29, 1.82) is 0 Å². The van der Waals surface area contributed by atoms with Crippen LogP contribution in [0.1, 0.15) is 0 Å². The number of hydrogen-bond acceptors (Lipinski definition) is 1. The molecular weight excluding hydrogens is 99.5 g/mol. The predicted molar refractivity (Wildman–Crippen MR) is 22.4 cm³/mol. The highest BCUT2D eigenvalue weighted by Gasteiger charge is 1.78. The summed E-state index contributed by atoms with van der Waals surface area (Å²) in [5.41, 5.74) is 0. The zero-order chi connectivity index (χ0) is 4.41. The van der Waals surface area contributed by atoms with E-state index in [9.17, 15) is 0 Å². The lowest BCUT2D eigenvalue weighted by Crippen LogP contribution is -1.56. The molecule has 2 nitrogen and oxygen atoms in total. The third-order valence-corrected chi connectivity index (χ3v) is 0.610. The van der Waals surface area contributed by atoms with Gasteiger partial charge in [-0.3, -0.25) is 0 Å². The number of halogens is 1. The molecule has 1 aromatic rings. The first-order valence-electron chi connectivity index (χ1n) is 1.46. The number of nitrogens with zero attached hydrogens (tertiary/aromatic N) is 1. The van der Waals surface area contributed by atoms with Crippen LogP contribution in [0.3, 0.4) is 0 Å². The zero-order valence-electron chi connectivity index (χ0n) is 2.90. The molecule has 0 fully saturated rings. The van der Waals surface area contributed by atoms with Crippen LogP contribution in [0.15, 0.2) is 6.20 Å². The lowest BCUT2D eigenvalue weighted by atomic mass is 11.0. The second-order valence-electron chi connectivity index (χ2n) is 0.818. The van der Waals surface area contributed by atoms with Gasteiger partial charge < -0.3 is 4.98 Å². The minimum atomic E-state index is 0.384. The first-order valence-corrected chi connectivity index (χ1v) is 1.84. The predicted octanol–water partition coefficient (Wildman–Crippen LogP) is 0.863. The van der Waals surface area contributed by atoms with E-state index in [4.69, 9.17) is 11.6 Å². The van der Waals surface area contributed by atoms with E-state index < -0.39 is 0 Å². The lowest BCUT2D eigenvalue weighted by Gasteiger charge is -1.64. The summed E-state index contributed by atoms with van der Waals surface area (Å²) in [4.78, 5) is 6.10. The molecule has 1 aromatic heterocycles. The van der Waals surface area contributed by atoms with Crippen LogP contribution in [0.25, 0.3) is 0 Å². The van der Waals surface area contributed by atoms with E-state index in [2.05, 4.69) is 16.2 Å². The first kappa shape index (κ1) is 3.68. The summed E-state index contributed by atoms with van der Waals surface area (Å²) >= 11 is 5.26. The second kappa shape index (κ2) is 1.30. The van der Waals surface area contributed by atoms with E-state index in [1.165, 1.54) is 6.20 Å². The van der Waals surface area contributed by atoms with Gasteiger partial charge in [-0.15, -0.1) is 0 Å². The molecule has 0 aliphatic carbocycles. The minimum Gasteiger partial charge on any atom is -0.327 e. The van der Waals surface area contributed by atoms with Crippen LogP contribution in [0.4, 0.5) is 0 Å². The van der Waals surface area contributed by atoms with Gasteiger partial charge in [-0.05, 0) is 11.6 Å². The minimum absolute atomic E-state index is 0.384. The molecule has 1 heterocycles. The van der Waals surface area contributed by atoms with Crippen molar-refractivity contribution in [3.05, 3.63) is 17.7 Å². The third kappa shape index (κ3) is 0.518. The molecule has 0 aliphatic heterocycles. The maximum Gasteiger partial charge on any atom is 0.200 e. The molecule has 0 aromatic carbocycles. The van der Waals surface area contributed by atoms with Crippen molar-refractivity contribution in [3.63, 3.8) is 0 Å². The van der Waals surface area contributed by atoms with Gasteiger partial charge in [0.05, 0.1) is 12.4 Å². The molecule has 31 valence electrons. The molecular formula is C3H2ClN2. The molecule has 0 saturated heterocycles. The van der Waals surface area contributed by atoms with E-state index in [-0.39, 0.29) is 0 Å². The number of nitrogens with one attached hydrogen (secondary N) is 1. The van der Waals surface area contributed by atoms with Crippen molar-refractivity contribution in [1.82, 2.24) is 9.97 Å². The Bertz CT molecular complexity index is 112. The van der Waals surface area contributed by atoms with Crippen molar-refractivity contribution in [2.75, 3.05) is 0 Å². The van der Waals surface area contributed by atoms with Crippen LogP contribution in [-0.2, 0) is 0 Å². The maximum atomic E-state index is 5.26. The molecule has 0 unspecified atom stereocenters. The summed E-state index contributed by atoms with van der Waals surface area (Å²) in [6.45, 7) is 0. The van der Waals surface area contributed by atoms with Crippen LogP contribution in [0.2, 0.25) is 5.28 Å². The number of aromatic nitrogens is 2. The Balaban J connectivity index is 3.05. The molecule has 3 heteroatoms. The topological polar surface area (TPSA) is 28.7 Å². The van der Waals surface area contributed by atoms with Crippen LogP contribution in [0, 0.1) is 6.20 Å². The summed E-state index contributed by atoms with van der Waals surface area (Å²) < 4.78 is 0. The molecule has 0 aliphatic rings. The Morgan fingerprint density at radius 3 is 3.00 bits per heavy atom. The normalized spacial score (nSPS) is 8.83. The average Bonchev–Trinajstić information content (AvgIpc) is 1.86. The first-order chi connectivity index (χ1) is 2.89. The molecule has 0 saturated carbocycles. The van der Waals surface area contributed by atoms with Crippen molar-refractivity contribution in [2.24, 2.45) is 0 Å². The van der Waals surface area contributed by atoms with Gasteiger partial charge in [0.2, 0.25) is 5.28 Å². The molecule has 0 bridgehead atoms. The molecule has 0 spiro atoms. The van der Waals surface area contributed by atoms with E-state index in [1.807, 2.05) is 0 Å². The van der Waals surface area contributed by atoms with Gasteiger partial charge in [0.25, 0.3) is 0 Å². The maximum absolute atomic E-state index is 5.26. The number of H-pyrrole nitrogens is 1. The fraction of sp³-hybridized carbons (Fsp3) is 0. The van der Waals surface area contributed by atoms with E-state index in [0.29, 0.717) is 5.28 Å². The van der Waals surface area contributed by atoms with Crippen molar-refractivity contribution in [3.8, 4) is 0 Å². The monoisotopic (exact) mass is 101 g/mol. The Morgan fingerprint density at radius 1 is 2.00 bits per heavy atom. The van der Waals surface area contributed by atoms with Gasteiger partial charge in [0, 0.05) is 0 Å². The fourth-order valence-electron chi connectivity index (χ4n) is 0.213.